The number of aryl methyl sites for hydroxylation is 2. The lowest BCUT2D eigenvalue weighted by Crippen LogP contribution is -2.09. The fourth-order valence-corrected chi connectivity index (χ4v) is 3.30. The van der Waals surface area contributed by atoms with Gasteiger partial charge in [0, 0.05) is 31.6 Å². The van der Waals surface area contributed by atoms with Crippen LogP contribution < -0.4 is 5.32 Å². The van der Waals surface area contributed by atoms with E-state index in [4.69, 9.17) is 4.98 Å². The molecule has 0 saturated heterocycles. The molecule has 1 unspecified atom stereocenters. The van der Waals surface area contributed by atoms with Crippen molar-refractivity contribution >= 4 is 16.7 Å². The molecule has 1 aromatic heterocycles. The number of aromatic nitrogens is 2. The van der Waals surface area contributed by atoms with Crippen molar-refractivity contribution in [2.75, 3.05) is 11.9 Å². The molecule has 21 heavy (non-hydrogen) atoms. The van der Waals surface area contributed by atoms with Crippen LogP contribution in [0.2, 0.25) is 0 Å². The van der Waals surface area contributed by atoms with E-state index in [0.29, 0.717) is 5.92 Å². The second kappa shape index (κ2) is 4.62. The molecule has 3 heteroatoms. The fourth-order valence-electron chi connectivity index (χ4n) is 3.30. The second-order valence-corrected chi connectivity index (χ2v) is 5.95. The van der Waals surface area contributed by atoms with Crippen molar-refractivity contribution in [2.24, 2.45) is 7.05 Å². The van der Waals surface area contributed by atoms with Gasteiger partial charge in [-0.1, -0.05) is 24.3 Å². The van der Waals surface area contributed by atoms with Crippen LogP contribution in [0, 0.1) is 6.92 Å². The number of hydrogen-bond acceptors (Lipinski definition) is 2. The van der Waals surface area contributed by atoms with E-state index in [0.717, 1.165) is 18.5 Å². The van der Waals surface area contributed by atoms with E-state index in [9.17, 15) is 0 Å². The zero-order valence-corrected chi connectivity index (χ0v) is 12.4. The van der Waals surface area contributed by atoms with Crippen molar-refractivity contribution in [1.82, 2.24) is 9.55 Å². The summed E-state index contributed by atoms with van der Waals surface area (Å²) in [6.45, 7) is 3.12. The third-order valence-corrected chi connectivity index (χ3v) is 4.50. The highest BCUT2D eigenvalue weighted by atomic mass is 15.1. The van der Waals surface area contributed by atoms with Crippen molar-refractivity contribution in [2.45, 2.75) is 19.3 Å². The predicted molar refractivity (Wildman–Crippen MR) is 86.8 cm³/mol. The van der Waals surface area contributed by atoms with Gasteiger partial charge >= 0.3 is 0 Å². The minimum Gasteiger partial charge on any atom is -0.384 e. The van der Waals surface area contributed by atoms with Crippen molar-refractivity contribution in [3.63, 3.8) is 0 Å². The molecular formula is C18H19N3. The molecule has 0 bridgehead atoms. The maximum Gasteiger partial charge on any atom is 0.110 e. The summed E-state index contributed by atoms with van der Waals surface area (Å²) in [5.74, 6) is 1.68. The van der Waals surface area contributed by atoms with Crippen LogP contribution >= 0.6 is 0 Å². The van der Waals surface area contributed by atoms with Gasteiger partial charge in [0.05, 0.1) is 11.0 Å². The van der Waals surface area contributed by atoms with E-state index in [1.54, 1.807) is 0 Å². The molecule has 1 atom stereocenters. The van der Waals surface area contributed by atoms with Gasteiger partial charge in [-0.3, -0.25) is 0 Å². The van der Waals surface area contributed by atoms with Crippen LogP contribution in [0.1, 0.15) is 22.9 Å². The summed E-state index contributed by atoms with van der Waals surface area (Å²) in [6.07, 6.45) is 0.980. The van der Waals surface area contributed by atoms with Gasteiger partial charge in [0.15, 0.2) is 0 Å². The summed E-state index contributed by atoms with van der Waals surface area (Å²) in [4.78, 5) is 4.84. The number of para-hydroxylation sites is 1. The molecular weight excluding hydrogens is 258 g/mol. The minimum atomic E-state index is 0.512. The predicted octanol–water partition coefficient (Wildman–Crippen LogP) is 3.63. The normalized spacial score (nSPS) is 17.0. The fraction of sp³-hybridized carbons (Fsp3) is 0.278. The van der Waals surface area contributed by atoms with Crippen LogP contribution in [0.3, 0.4) is 0 Å². The lowest BCUT2D eigenvalue weighted by Gasteiger charge is -2.10. The highest BCUT2D eigenvalue weighted by Crippen LogP contribution is 2.33. The number of hydrogen-bond donors (Lipinski definition) is 1. The Hall–Kier alpha value is -2.29. The van der Waals surface area contributed by atoms with E-state index in [1.165, 1.54) is 28.2 Å². The van der Waals surface area contributed by atoms with Crippen LogP contribution in [0.15, 0.2) is 42.5 Å². The summed E-state index contributed by atoms with van der Waals surface area (Å²) < 4.78 is 2.23. The first-order chi connectivity index (χ1) is 10.2. The molecule has 2 heterocycles. The topological polar surface area (TPSA) is 29.9 Å². The Morgan fingerprint density at radius 1 is 1.24 bits per heavy atom. The first-order valence-corrected chi connectivity index (χ1v) is 7.47. The van der Waals surface area contributed by atoms with Gasteiger partial charge in [-0.05, 0) is 36.2 Å². The average Bonchev–Trinajstić information content (AvgIpc) is 3.02. The molecule has 3 aromatic rings. The van der Waals surface area contributed by atoms with E-state index >= 15 is 0 Å². The second-order valence-electron chi connectivity index (χ2n) is 5.95. The first kappa shape index (κ1) is 12.5. The quantitative estimate of drug-likeness (QED) is 0.775. The Balaban J connectivity index is 1.71. The molecule has 3 nitrogen and oxygen atoms in total. The van der Waals surface area contributed by atoms with E-state index in [-0.39, 0.29) is 0 Å². The SMILES string of the molecule is Cc1ccc2c(c1)nc(CC1CNc3ccccc31)n2C. The van der Waals surface area contributed by atoms with Crippen LogP contribution in [0.25, 0.3) is 11.0 Å². The van der Waals surface area contributed by atoms with E-state index in [1.807, 2.05) is 0 Å². The maximum atomic E-state index is 4.84. The van der Waals surface area contributed by atoms with Crippen LogP contribution in [-0.2, 0) is 13.5 Å². The number of nitrogens with zero attached hydrogens (tertiary/aromatic N) is 2. The number of imidazole rings is 1. The van der Waals surface area contributed by atoms with Crippen molar-refractivity contribution in [3.8, 4) is 0 Å². The number of fused-ring (bicyclic) bond motifs is 2. The molecule has 1 aliphatic heterocycles. The molecule has 0 spiro atoms. The number of anilines is 1. The molecule has 0 fully saturated rings. The molecule has 2 aromatic carbocycles. The first-order valence-electron chi connectivity index (χ1n) is 7.47. The zero-order chi connectivity index (χ0) is 14.4. The van der Waals surface area contributed by atoms with Crippen molar-refractivity contribution in [1.29, 1.82) is 0 Å². The van der Waals surface area contributed by atoms with Crippen LogP contribution in [0.4, 0.5) is 5.69 Å². The summed E-state index contributed by atoms with van der Waals surface area (Å²) in [5.41, 5.74) is 6.28. The Morgan fingerprint density at radius 2 is 2.10 bits per heavy atom. The summed E-state index contributed by atoms with van der Waals surface area (Å²) in [7, 11) is 2.12. The van der Waals surface area contributed by atoms with Crippen molar-refractivity contribution in [3.05, 3.63) is 59.4 Å². The monoisotopic (exact) mass is 277 g/mol. The smallest absolute Gasteiger partial charge is 0.110 e. The molecule has 0 aliphatic carbocycles. The van der Waals surface area contributed by atoms with Gasteiger partial charge in [-0.2, -0.15) is 0 Å². The summed E-state index contributed by atoms with van der Waals surface area (Å²) in [5, 5.41) is 3.50. The van der Waals surface area contributed by atoms with Crippen LogP contribution in [-0.4, -0.2) is 16.1 Å². The van der Waals surface area contributed by atoms with Gasteiger partial charge in [-0.15, -0.1) is 0 Å². The molecule has 0 saturated carbocycles. The van der Waals surface area contributed by atoms with Gasteiger partial charge in [0.1, 0.15) is 5.82 Å². The minimum absolute atomic E-state index is 0.512. The Bertz CT molecular complexity index is 816. The van der Waals surface area contributed by atoms with Gasteiger partial charge in [-0.25, -0.2) is 4.98 Å². The number of nitrogens with one attached hydrogen (secondary N) is 1. The highest BCUT2D eigenvalue weighted by molar-refractivity contribution is 5.76. The third-order valence-electron chi connectivity index (χ3n) is 4.50. The van der Waals surface area contributed by atoms with E-state index < -0.39 is 0 Å². The lowest BCUT2D eigenvalue weighted by molar-refractivity contribution is 0.686. The molecule has 0 amide bonds. The molecule has 106 valence electrons. The van der Waals surface area contributed by atoms with Crippen LogP contribution in [0.5, 0.6) is 0 Å². The average molecular weight is 277 g/mol. The third kappa shape index (κ3) is 2.00. The summed E-state index contributed by atoms with van der Waals surface area (Å²) in [6, 6.07) is 15.1. The van der Waals surface area contributed by atoms with Crippen molar-refractivity contribution < 1.29 is 0 Å². The number of benzene rings is 2. The Morgan fingerprint density at radius 3 is 3.00 bits per heavy atom. The summed E-state index contributed by atoms with van der Waals surface area (Å²) >= 11 is 0. The van der Waals surface area contributed by atoms with Gasteiger partial charge in [0.25, 0.3) is 0 Å². The lowest BCUT2D eigenvalue weighted by atomic mass is 9.98. The molecule has 4 rings (SSSR count). The maximum absolute atomic E-state index is 4.84. The Labute approximate surface area is 124 Å². The standard InChI is InChI=1S/C18H19N3/c1-12-7-8-17-16(9-12)20-18(21(17)2)10-13-11-19-15-6-4-3-5-14(13)15/h3-9,13,19H,10-11H2,1-2H3. The Kier molecular flexibility index (Phi) is 2.74. The zero-order valence-electron chi connectivity index (χ0n) is 12.4. The largest absolute Gasteiger partial charge is 0.384 e. The molecule has 1 aliphatic rings. The number of rotatable bonds is 2. The molecule has 0 radical (unpaired) electrons. The van der Waals surface area contributed by atoms with E-state index in [2.05, 4.69) is 66.3 Å². The highest BCUT2D eigenvalue weighted by Gasteiger charge is 2.23. The molecule has 1 N–H and O–H groups in total. The van der Waals surface area contributed by atoms with Gasteiger partial charge < -0.3 is 9.88 Å². The van der Waals surface area contributed by atoms with Gasteiger partial charge in [0.2, 0.25) is 0 Å².